The Morgan fingerprint density at radius 3 is 3.00 bits per heavy atom. The Morgan fingerprint density at radius 1 is 1.31 bits per heavy atom. The molecular formula is C12H18N4. The number of fused-ring (bicyclic) bond motifs is 2. The molecule has 2 aliphatic heterocycles. The van der Waals surface area contributed by atoms with Gasteiger partial charge in [0.15, 0.2) is 0 Å². The number of nitrogens with zero attached hydrogens (tertiary/aromatic N) is 3. The van der Waals surface area contributed by atoms with Crippen LogP contribution in [0.25, 0.3) is 0 Å². The highest BCUT2D eigenvalue weighted by Crippen LogP contribution is 2.35. The third-order valence-corrected chi connectivity index (χ3v) is 4.08. The molecule has 0 aliphatic carbocycles. The second-order valence-corrected chi connectivity index (χ2v) is 4.90. The topological polar surface area (TPSA) is 41.0 Å². The Labute approximate surface area is 96.1 Å². The summed E-state index contributed by atoms with van der Waals surface area (Å²) < 4.78 is 0. The quantitative estimate of drug-likeness (QED) is 0.817. The first-order valence-corrected chi connectivity index (χ1v) is 6.11. The zero-order valence-corrected chi connectivity index (χ0v) is 9.63. The first kappa shape index (κ1) is 10.0. The van der Waals surface area contributed by atoms with Crippen molar-refractivity contribution < 1.29 is 0 Å². The Morgan fingerprint density at radius 2 is 2.19 bits per heavy atom. The smallest absolute Gasteiger partial charge is 0.148 e. The lowest BCUT2D eigenvalue weighted by Gasteiger charge is -2.38. The van der Waals surface area contributed by atoms with Crippen LogP contribution in [0.3, 0.4) is 0 Å². The fraction of sp³-hybridized carbons (Fsp3) is 0.667. The van der Waals surface area contributed by atoms with E-state index >= 15 is 0 Å². The highest BCUT2D eigenvalue weighted by Gasteiger charge is 2.40. The first-order chi connectivity index (χ1) is 7.84. The lowest BCUT2D eigenvalue weighted by Crippen LogP contribution is -2.48. The maximum Gasteiger partial charge on any atom is 0.148 e. The van der Waals surface area contributed by atoms with Crippen LogP contribution < -0.4 is 5.32 Å². The van der Waals surface area contributed by atoms with Crippen molar-refractivity contribution in [2.45, 2.75) is 43.8 Å². The highest BCUT2D eigenvalue weighted by atomic mass is 15.2. The Balaban J connectivity index is 1.72. The summed E-state index contributed by atoms with van der Waals surface area (Å²) in [7, 11) is 2.26. The molecule has 4 heteroatoms. The van der Waals surface area contributed by atoms with Gasteiger partial charge in [-0.05, 0) is 44.9 Å². The molecule has 2 aliphatic rings. The van der Waals surface area contributed by atoms with Crippen molar-refractivity contribution >= 4 is 5.82 Å². The number of hydrogen-bond acceptors (Lipinski definition) is 4. The van der Waals surface area contributed by atoms with Crippen LogP contribution in [0, 0.1) is 0 Å². The molecule has 0 unspecified atom stereocenters. The van der Waals surface area contributed by atoms with Gasteiger partial charge in [0.1, 0.15) is 5.82 Å². The average molecular weight is 218 g/mol. The van der Waals surface area contributed by atoms with Crippen molar-refractivity contribution in [3.8, 4) is 0 Å². The van der Waals surface area contributed by atoms with E-state index in [9.17, 15) is 0 Å². The van der Waals surface area contributed by atoms with E-state index in [0.717, 1.165) is 11.9 Å². The Bertz CT molecular complexity index is 353. The van der Waals surface area contributed by atoms with E-state index < -0.39 is 0 Å². The van der Waals surface area contributed by atoms with Gasteiger partial charge in [0.05, 0.1) is 0 Å². The molecule has 4 nitrogen and oxygen atoms in total. The summed E-state index contributed by atoms with van der Waals surface area (Å²) >= 11 is 0. The molecule has 0 aromatic carbocycles. The fourth-order valence-electron chi connectivity index (χ4n) is 3.18. The molecule has 16 heavy (non-hydrogen) atoms. The molecule has 0 radical (unpaired) electrons. The van der Waals surface area contributed by atoms with Crippen molar-refractivity contribution in [2.75, 3.05) is 12.4 Å². The highest BCUT2D eigenvalue weighted by molar-refractivity contribution is 5.34. The van der Waals surface area contributed by atoms with Crippen molar-refractivity contribution in [1.29, 1.82) is 0 Å². The summed E-state index contributed by atoms with van der Waals surface area (Å²) in [5, 5.41) is 11.5. The molecule has 1 N–H and O–H groups in total. The van der Waals surface area contributed by atoms with Gasteiger partial charge in [-0.2, -0.15) is 5.10 Å². The standard InChI is InChI=1S/C12H18N4/c1-16-9-4-6-10(11(16)7-5-9)14-12-3-2-8-13-15-12/h2-3,8-11H,4-7H2,1H3,(H,14,15)/t9-,10-,11-/m1/s1. The van der Waals surface area contributed by atoms with E-state index in [2.05, 4.69) is 27.5 Å². The zero-order valence-electron chi connectivity index (χ0n) is 9.63. The van der Waals surface area contributed by atoms with Crippen molar-refractivity contribution in [2.24, 2.45) is 0 Å². The number of hydrogen-bond donors (Lipinski definition) is 1. The largest absolute Gasteiger partial charge is 0.364 e. The van der Waals surface area contributed by atoms with Crippen LogP contribution in [-0.2, 0) is 0 Å². The van der Waals surface area contributed by atoms with E-state index in [-0.39, 0.29) is 0 Å². The minimum Gasteiger partial charge on any atom is -0.364 e. The molecular weight excluding hydrogens is 200 g/mol. The van der Waals surface area contributed by atoms with Gasteiger partial charge in [-0.25, -0.2) is 0 Å². The van der Waals surface area contributed by atoms with Crippen LogP contribution in [0.5, 0.6) is 0 Å². The van der Waals surface area contributed by atoms with Gasteiger partial charge in [-0.15, -0.1) is 5.10 Å². The monoisotopic (exact) mass is 218 g/mol. The van der Waals surface area contributed by atoms with Crippen molar-refractivity contribution in [1.82, 2.24) is 15.1 Å². The number of piperidine rings is 1. The van der Waals surface area contributed by atoms with Gasteiger partial charge in [0, 0.05) is 24.3 Å². The molecule has 2 saturated heterocycles. The fourth-order valence-corrected chi connectivity index (χ4v) is 3.18. The van der Waals surface area contributed by atoms with Crippen molar-refractivity contribution in [3.05, 3.63) is 18.3 Å². The molecule has 86 valence electrons. The summed E-state index contributed by atoms with van der Waals surface area (Å²) in [5.74, 6) is 0.909. The van der Waals surface area contributed by atoms with Crippen LogP contribution in [0.1, 0.15) is 25.7 Å². The minimum absolute atomic E-state index is 0.542. The first-order valence-electron chi connectivity index (χ1n) is 6.11. The minimum atomic E-state index is 0.542. The molecule has 0 saturated carbocycles. The molecule has 1 aromatic heterocycles. The molecule has 0 amide bonds. The Hall–Kier alpha value is -1.16. The maximum absolute atomic E-state index is 4.10. The normalized spacial score (nSPS) is 33.9. The van der Waals surface area contributed by atoms with E-state index in [4.69, 9.17) is 0 Å². The summed E-state index contributed by atoms with van der Waals surface area (Å²) in [6.45, 7) is 0. The summed E-state index contributed by atoms with van der Waals surface area (Å²) in [5.41, 5.74) is 0. The molecule has 3 rings (SSSR count). The van der Waals surface area contributed by atoms with E-state index in [1.807, 2.05) is 12.1 Å². The molecule has 2 bridgehead atoms. The lowest BCUT2D eigenvalue weighted by atomic mass is 9.98. The van der Waals surface area contributed by atoms with Gasteiger partial charge in [-0.3, -0.25) is 4.90 Å². The number of likely N-dealkylation sites (N-methyl/N-ethyl adjacent to an activating group) is 1. The third-order valence-electron chi connectivity index (χ3n) is 4.08. The maximum atomic E-state index is 4.10. The third kappa shape index (κ3) is 1.67. The second kappa shape index (κ2) is 4.01. The predicted molar refractivity (Wildman–Crippen MR) is 63.2 cm³/mol. The van der Waals surface area contributed by atoms with Gasteiger partial charge >= 0.3 is 0 Å². The molecule has 3 atom stereocenters. The van der Waals surface area contributed by atoms with E-state index in [0.29, 0.717) is 12.1 Å². The van der Waals surface area contributed by atoms with Crippen LogP contribution in [-0.4, -0.2) is 40.3 Å². The number of anilines is 1. The molecule has 2 fully saturated rings. The van der Waals surface area contributed by atoms with Gasteiger partial charge in [0.2, 0.25) is 0 Å². The van der Waals surface area contributed by atoms with Crippen molar-refractivity contribution in [3.63, 3.8) is 0 Å². The number of aromatic nitrogens is 2. The molecule has 0 spiro atoms. The second-order valence-electron chi connectivity index (χ2n) is 4.90. The average Bonchev–Trinajstić information content (AvgIpc) is 2.55. The summed E-state index contributed by atoms with van der Waals surface area (Å²) in [6, 6.07) is 5.97. The Kier molecular flexibility index (Phi) is 2.52. The van der Waals surface area contributed by atoms with Gasteiger partial charge in [0.25, 0.3) is 0 Å². The van der Waals surface area contributed by atoms with Crippen LogP contribution in [0.2, 0.25) is 0 Å². The number of nitrogens with one attached hydrogen (secondary N) is 1. The number of rotatable bonds is 2. The predicted octanol–water partition coefficient (Wildman–Crippen LogP) is 1.51. The summed E-state index contributed by atoms with van der Waals surface area (Å²) in [4.78, 5) is 2.54. The van der Waals surface area contributed by atoms with Crippen LogP contribution in [0.4, 0.5) is 5.82 Å². The molecule has 3 heterocycles. The van der Waals surface area contributed by atoms with Gasteiger partial charge in [-0.1, -0.05) is 0 Å². The van der Waals surface area contributed by atoms with Crippen LogP contribution >= 0.6 is 0 Å². The zero-order chi connectivity index (χ0) is 11.0. The van der Waals surface area contributed by atoms with Gasteiger partial charge < -0.3 is 5.32 Å². The SMILES string of the molecule is CN1[C@H]2CC[C@@H]1[C@H](Nc1cccnn1)CC2. The summed E-state index contributed by atoms with van der Waals surface area (Å²) in [6.07, 6.45) is 6.96. The molecule has 1 aromatic rings. The van der Waals surface area contributed by atoms with E-state index in [1.165, 1.54) is 25.7 Å². The van der Waals surface area contributed by atoms with Crippen LogP contribution in [0.15, 0.2) is 18.3 Å². The lowest BCUT2D eigenvalue weighted by molar-refractivity contribution is 0.165. The van der Waals surface area contributed by atoms with E-state index in [1.54, 1.807) is 6.20 Å².